The van der Waals surface area contributed by atoms with Gasteiger partial charge in [0.1, 0.15) is 12.2 Å². The van der Waals surface area contributed by atoms with Gasteiger partial charge in [-0.2, -0.15) is 0 Å². The number of ether oxygens (including phenoxy) is 1. The third kappa shape index (κ3) is 2.79. The van der Waals surface area contributed by atoms with Crippen molar-refractivity contribution in [3.63, 3.8) is 0 Å². The molecule has 1 heterocycles. The fourth-order valence-electron chi connectivity index (χ4n) is 0.532. The zero-order valence-electron chi connectivity index (χ0n) is 5.87. The lowest BCUT2D eigenvalue weighted by molar-refractivity contribution is 0.0572. The molecular formula is C6H14O3. The lowest BCUT2D eigenvalue weighted by Crippen LogP contribution is -2.22. The summed E-state index contributed by atoms with van der Waals surface area (Å²) in [5, 5.41) is 17.2. The molecule has 0 bridgehead atoms. The van der Waals surface area contributed by atoms with Crippen molar-refractivity contribution in [1.29, 1.82) is 0 Å². The topological polar surface area (TPSA) is 49.7 Å². The van der Waals surface area contributed by atoms with E-state index in [0.29, 0.717) is 0 Å². The second-order valence-electron chi connectivity index (χ2n) is 1.67. The molecule has 1 rings (SSSR count). The first-order valence-electron chi connectivity index (χ1n) is 3.24. The van der Waals surface area contributed by atoms with E-state index in [-0.39, 0.29) is 13.2 Å². The summed E-state index contributed by atoms with van der Waals surface area (Å²) < 4.78 is 4.67. The van der Waals surface area contributed by atoms with Gasteiger partial charge >= 0.3 is 0 Å². The highest BCUT2D eigenvalue weighted by atomic mass is 16.5. The van der Waals surface area contributed by atoms with Gasteiger partial charge in [0.05, 0.1) is 13.2 Å². The van der Waals surface area contributed by atoms with Crippen LogP contribution in [-0.2, 0) is 4.74 Å². The molecule has 1 saturated heterocycles. The molecule has 3 heteroatoms. The van der Waals surface area contributed by atoms with Gasteiger partial charge in [-0.3, -0.25) is 0 Å². The molecular weight excluding hydrogens is 120 g/mol. The smallest absolute Gasteiger partial charge is 0.105 e. The minimum atomic E-state index is -0.653. The number of rotatable bonds is 0. The van der Waals surface area contributed by atoms with Crippen LogP contribution in [0.5, 0.6) is 0 Å². The molecule has 9 heavy (non-hydrogen) atoms. The van der Waals surface area contributed by atoms with E-state index in [1.165, 1.54) is 0 Å². The van der Waals surface area contributed by atoms with Gasteiger partial charge in [0, 0.05) is 0 Å². The van der Waals surface area contributed by atoms with E-state index < -0.39 is 12.2 Å². The molecule has 0 aromatic carbocycles. The maximum atomic E-state index is 8.62. The van der Waals surface area contributed by atoms with Gasteiger partial charge in [0.25, 0.3) is 0 Å². The van der Waals surface area contributed by atoms with Gasteiger partial charge in [-0.15, -0.1) is 0 Å². The highest BCUT2D eigenvalue weighted by Crippen LogP contribution is 2.02. The van der Waals surface area contributed by atoms with Crippen LogP contribution in [-0.4, -0.2) is 35.6 Å². The molecule has 2 N–H and O–H groups in total. The number of hydrogen-bond donors (Lipinski definition) is 2. The third-order valence-electron chi connectivity index (χ3n) is 1.02. The SMILES string of the molecule is CC.OC1COCC1O. The summed E-state index contributed by atoms with van der Waals surface area (Å²) in [7, 11) is 0. The van der Waals surface area contributed by atoms with E-state index in [1.807, 2.05) is 13.8 Å². The second-order valence-corrected chi connectivity index (χ2v) is 1.67. The summed E-state index contributed by atoms with van der Waals surface area (Å²) in [6.07, 6.45) is -1.31. The Kier molecular flexibility index (Phi) is 4.67. The van der Waals surface area contributed by atoms with Crippen molar-refractivity contribution < 1.29 is 14.9 Å². The van der Waals surface area contributed by atoms with Crippen LogP contribution in [0.2, 0.25) is 0 Å². The Morgan fingerprint density at radius 1 is 1.11 bits per heavy atom. The molecule has 0 aromatic rings. The Labute approximate surface area is 55.3 Å². The highest BCUT2D eigenvalue weighted by Gasteiger charge is 2.22. The van der Waals surface area contributed by atoms with Crippen LogP contribution in [0.1, 0.15) is 13.8 Å². The average molecular weight is 134 g/mol. The predicted octanol–water partition coefficient (Wildman–Crippen LogP) is -0.235. The third-order valence-corrected chi connectivity index (χ3v) is 1.02. The van der Waals surface area contributed by atoms with Gasteiger partial charge in [0.2, 0.25) is 0 Å². The van der Waals surface area contributed by atoms with Crippen molar-refractivity contribution in [3.8, 4) is 0 Å². The Hall–Kier alpha value is -0.120. The monoisotopic (exact) mass is 134 g/mol. The fourth-order valence-corrected chi connectivity index (χ4v) is 0.532. The summed E-state index contributed by atoms with van der Waals surface area (Å²) in [5.41, 5.74) is 0. The molecule has 1 aliphatic heterocycles. The summed E-state index contributed by atoms with van der Waals surface area (Å²) >= 11 is 0. The summed E-state index contributed by atoms with van der Waals surface area (Å²) in [6.45, 7) is 4.56. The van der Waals surface area contributed by atoms with E-state index in [1.54, 1.807) is 0 Å². The molecule has 0 spiro atoms. The van der Waals surface area contributed by atoms with Crippen LogP contribution in [0.25, 0.3) is 0 Å². The maximum Gasteiger partial charge on any atom is 0.105 e. The van der Waals surface area contributed by atoms with Crippen LogP contribution >= 0.6 is 0 Å². The van der Waals surface area contributed by atoms with Crippen molar-refractivity contribution in [2.45, 2.75) is 26.1 Å². The maximum absolute atomic E-state index is 8.62. The quantitative estimate of drug-likeness (QED) is 0.481. The van der Waals surface area contributed by atoms with E-state index >= 15 is 0 Å². The molecule has 3 nitrogen and oxygen atoms in total. The van der Waals surface area contributed by atoms with Crippen molar-refractivity contribution >= 4 is 0 Å². The van der Waals surface area contributed by atoms with Gasteiger partial charge in [-0.05, 0) is 0 Å². The van der Waals surface area contributed by atoms with Crippen LogP contribution in [0.4, 0.5) is 0 Å². The molecule has 2 atom stereocenters. The molecule has 2 unspecified atom stereocenters. The van der Waals surface area contributed by atoms with E-state index in [0.717, 1.165) is 0 Å². The lowest BCUT2D eigenvalue weighted by atomic mass is 10.3. The van der Waals surface area contributed by atoms with E-state index in [4.69, 9.17) is 10.2 Å². The summed E-state index contributed by atoms with van der Waals surface area (Å²) in [5.74, 6) is 0. The van der Waals surface area contributed by atoms with Crippen LogP contribution in [0.3, 0.4) is 0 Å². The molecule has 56 valence electrons. The molecule has 0 aromatic heterocycles. The zero-order chi connectivity index (χ0) is 7.28. The van der Waals surface area contributed by atoms with Gasteiger partial charge in [-0.25, -0.2) is 0 Å². The Bertz CT molecular complexity index is 57.3. The van der Waals surface area contributed by atoms with Crippen molar-refractivity contribution in [2.24, 2.45) is 0 Å². The molecule has 1 aliphatic rings. The largest absolute Gasteiger partial charge is 0.388 e. The molecule has 0 amide bonds. The minimum absolute atomic E-state index is 0.279. The van der Waals surface area contributed by atoms with Gasteiger partial charge < -0.3 is 14.9 Å². The molecule has 0 aliphatic carbocycles. The summed E-state index contributed by atoms with van der Waals surface area (Å²) in [4.78, 5) is 0. The fraction of sp³-hybridized carbons (Fsp3) is 1.00. The van der Waals surface area contributed by atoms with Crippen molar-refractivity contribution in [3.05, 3.63) is 0 Å². The minimum Gasteiger partial charge on any atom is -0.388 e. The van der Waals surface area contributed by atoms with Gasteiger partial charge in [0.15, 0.2) is 0 Å². The Morgan fingerprint density at radius 3 is 1.56 bits per heavy atom. The van der Waals surface area contributed by atoms with Crippen LogP contribution in [0.15, 0.2) is 0 Å². The average Bonchev–Trinajstić information content (AvgIpc) is 2.23. The predicted molar refractivity (Wildman–Crippen MR) is 34.2 cm³/mol. The standard InChI is InChI=1S/C4H8O3.C2H6/c5-3-1-7-2-4(3)6;1-2/h3-6H,1-2H2;1-2H3. The lowest BCUT2D eigenvalue weighted by Gasteiger charge is -2.00. The molecule has 0 radical (unpaired) electrons. The van der Waals surface area contributed by atoms with Crippen molar-refractivity contribution in [2.75, 3.05) is 13.2 Å². The highest BCUT2D eigenvalue weighted by molar-refractivity contribution is 4.71. The summed E-state index contributed by atoms with van der Waals surface area (Å²) in [6, 6.07) is 0. The van der Waals surface area contributed by atoms with E-state index in [2.05, 4.69) is 4.74 Å². The van der Waals surface area contributed by atoms with E-state index in [9.17, 15) is 0 Å². The Morgan fingerprint density at radius 2 is 1.44 bits per heavy atom. The zero-order valence-corrected chi connectivity index (χ0v) is 5.87. The number of aliphatic hydroxyl groups excluding tert-OH is 2. The first kappa shape index (κ1) is 8.88. The van der Waals surface area contributed by atoms with Crippen molar-refractivity contribution in [1.82, 2.24) is 0 Å². The molecule has 1 fully saturated rings. The van der Waals surface area contributed by atoms with Gasteiger partial charge in [-0.1, -0.05) is 13.8 Å². The molecule has 0 saturated carbocycles. The van der Waals surface area contributed by atoms with Crippen LogP contribution < -0.4 is 0 Å². The first-order chi connectivity index (χ1) is 4.30. The first-order valence-corrected chi connectivity index (χ1v) is 3.24. The Balaban J connectivity index is 0.000000291. The van der Waals surface area contributed by atoms with Crippen LogP contribution in [0, 0.1) is 0 Å². The number of hydrogen-bond acceptors (Lipinski definition) is 3. The number of aliphatic hydroxyl groups is 2. The normalized spacial score (nSPS) is 33.3. The second kappa shape index (κ2) is 4.73.